The van der Waals surface area contributed by atoms with Gasteiger partial charge in [0.25, 0.3) is 0 Å². The number of carbonyl (C=O) groups excluding carboxylic acids is 4. The molecular weight excluding hydrogens is 405 g/mol. The predicted molar refractivity (Wildman–Crippen MR) is 98.4 cm³/mol. The number of rotatable bonds is 6. The number of nitrogens with zero attached hydrogens (tertiary/aromatic N) is 1. The third-order valence-electron chi connectivity index (χ3n) is 7.24. The van der Waals surface area contributed by atoms with Crippen molar-refractivity contribution in [3.63, 3.8) is 0 Å². The van der Waals surface area contributed by atoms with Crippen LogP contribution in [-0.2, 0) is 19.2 Å². The summed E-state index contributed by atoms with van der Waals surface area (Å²) in [6, 6.07) is -3.26. The third-order valence-corrected chi connectivity index (χ3v) is 7.24. The Morgan fingerprint density at radius 2 is 1.67 bits per heavy atom. The van der Waals surface area contributed by atoms with Crippen LogP contribution in [0.25, 0.3) is 0 Å². The van der Waals surface area contributed by atoms with E-state index in [0.29, 0.717) is 12.8 Å². The zero-order chi connectivity index (χ0) is 22.8. The fourth-order valence-corrected chi connectivity index (χ4v) is 4.89. The first-order chi connectivity index (χ1) is 13.6. The molecule has 30 heavy (non-hydrogen) atoms. The molecule has 8 nitrogen and oxygen atoms in total. The molecule has 0 radical (unpaired) electrons. The van der Waals surface area contributed by atoms with Gasteiger partial charge in [-0.2, -0.15) is 13.2 Å². The molecule has 4 N–H and O–H groups in total. The molecule has 0 aromatic heterocycles. The fourth-order valence-electron chi connectivity index (χ4n) is 4.89. The lowest BCUT2D eigenvalue weighted by Crippen LogP contribution is -2.59. The van der Waals surface area contributed by atoms with Crippen molar-refractivity contribution in [2.75, 3.05) is 6.54 Å². The molecule has 1 heterocycles. The van der Waals surface area contributed by atoms with Gasteiger partial charge in [-0.3, -0.25) is 19.2 Å². The number of amides is 4. The summed E-state index contributed by atoms with van der Waals surface area (Å²) in [5.74, 6) is -4.82. The molecule has 1 saturated heterocycles. The summed E-state index contributed by atoms with van der Waals surface area (Å²) in [6.07, 6.45) is -4.07. The number of carbonyl (C=O) groups is 4. The smallest absolute Gasteiger partial charge is 0.368 e. The number of likely N-dealkylation sites (tertiary alicyclic amines) is 1. The second-order valence-electron chi connectivity index (χ2n) is 9.45. The lowest BCUT2D eigenvalue weighted by atomic mass is 9.95. The standard InChI is InChI=1S/C19H27F3N4O4/c1-8(13(23)27)24-14(28)11-12-17(2,3)18(12,4)7-26(11)15(29)10(9-5-6-9)25-16(30)19(20,21)22/h8-12H,5-7H2,1-4H3,(H2,23,27)(H,24,28)(H,25,30)/t8-,10-,11-,12-,18?/m0/s1. The van der Waals surface area contributed by atoms with E-state index >= 15 is 0 Å². The van der Waals surface area contributed by atoms with Crippen molar-refractivity contribution in [2.45, 2.75) is 64.8 Å². The summed E-state index contributed by atoms with van der Waals surface area (Å²) in [7, 11) is 0. The van der Waals surface area contributed by atoms with E-state index in [4.69, 9.17) is 5.73 Å². The van der Waals surface area contributed by atoms with Gasteiger partial charge >= 0.3 is 12.1 Å². The minimum atomic E-state index is -5.11. The maximum absolute atomic E-state index is 13.2. The highest BCUT2D eigenvalue weighted by Crippen LogP contribution is 2.74. The number of alkyl halides is 3. The van der Waals surface area contributed by atoms with Crippen LogP contribution in [0.2, 0.25) is 0 Å². The second-order valence-corrected chi connectivity index (χ2v) is 9.45. The normalized spacial score (nSPS) is 31.4. The van der Waals surface area contributed by atoms with Gasteiger partial charge in [0.15, 0.2) is 0 Å². The first kappa shape index (κ1) is 22.4. The number of nitrogens with two attached hydrogens (primary N) is 1. The van der Waals surface area contributed by atoms with Crippen LogP contribution in [-0.4, -0.2) is 59.4 Å². The molecule has 0 spiro atoms. The number of fused-ring (bicyclic) bond motifs is 1. The van der Waals surface area contributed by atoms with E-state index in [1.165, 1.54) is 11.8 Å². The average Bonchev–Trinajstić information content (AvgIpc) is 3.47. The first-order valence-electron chi connectivity index (χ1n) is 9.90. The lowest BCUT2D eigenvalue weighted by molar-refractivity contribution is -0.175. The predicted octanol–water partition coefficient (Wildman–Crippen LogP) is 0.307. The highest BCUT2D eigenvalue weighted by molar-refractivity contribution is 5.96. The number of hydrogen-bond acceptors (Lipinski definition) is 4. The molecule has 0 bridgehead atoms. The number of halogens is 3. The van der Waals surface area contributed by atoms with Crippen molar-refractivity contribution in [1.82, 2.24) is 15.5 Å². The fraction of sp³-hybridized carbons (Fsp3) is 0.789. The summed E-state index contributed by atoms with van der Waals surface area (Å²) in [5.41, 5.74) is 4.53. The Labute approximate surface area is 172 Å². The van der Waals surface area contributed by atoms with Gasteiger partial charge < -0.3 is 21.3 Å². The molecule has 168 valence electrons. The summed E-state index contributed by atoms with van der Waals surface area (Å²) in [5, 5.41) is 4.31. The van der Waals surface area contributed by atoms with Gasteiger partial charge in [0.2, 0.25) is 17.7 Å². The SMILES string of the molecule is C[C@H](NC(=O)[C@@H]1[C@H]2C(C)(C)C2(C)CN1C(=O)[C@@H](NC(=O)C(F)(F)F)C1CC1)C(N)=O. The number of piperidine rings is 1. The summed E-state index contributed by atoms with van der Waals surface area (Å²) >= 11 is 0. The number of primary amides is 1. The van der Waals surface area contributed by atoms with Crippen molar-refractivity contribution >= 4 is 23.6 Å². The zero-order valence-corrected chi connectivity index (χ0v) is 17.3. The van der Waals surface area contributed by atoms with Crippen LogP contribution >= 0.6 is 0 Å². The van der Waals surface area contributed by atoms with E-state index in [1.807, 2.05) is 26.1 Å². The van der Waals surface area contributed by atoms with Crippen molar-refractivity contribution in [2.24, 2.45) is 28.4 Å². The topological polar surface area (TPSA) is 122 Å². The largest absolute Gasteiger partial charge is 0.471 e. The monoisotopic (exact) mass is 432 g/mol. The van der Waals surface area contributed by atoms with Crippen LogP contribution in [0.3, 0.4) is 0 Å². The minimum Gasteiger partial charge on any atom is -0.368 e. The molecule has 4 amide bonds. The Hall–Kier alpha value is -2.33. The molecule has 3 aliphatic rings. The molecule has 0 aromatic rings. The van der Waals surface area contributed by atoms with Gasteiger partial charge in [0.1, 0.15) is 18.1 Å². The molecule has 2 aliphatic carbocycles. The maximum atomic E-state index is 13.2. The van der Waals surface area contributed by atoms with E-state index in [2.05, 4.69) is 5.32 Å². The Kier molecular flexibility index (Phi) is 5.10. The summed E-state index contributed by atoms with van der Waals surface area (Å²) < 4.78 is 38.2. The molecule has 2 saturated carbocycles. The van der Waals surface area contributed by atoms with Crippen LogP contribution in [0.1, 0.15) is 40.5 Å². The van der Waals surface area contributed by atoms with E-state index in [0.717, 1.165) is 0 Å². The molecule has 5 atom stereocenters. The average molecular weight is 432 g/mol. The van der Waals surface area contributed by atoms with Gasteiger partial charge in [0.05, 0.1) is 0 Å². The van der Waals surface area contributed by atoms with Crippen molar-refractivity contribution in [3.05, 3.63) is 0 Å². The molecule has 3 fully saturated rings. The molecule has 11 heteroatoms. The van der Waals surface area contributed by atoms with Crippen molar-refractivity contribution in [1.29, 1.82) is 0 Å². The first-order valence-corrected chi connectivity index (χ1v) is 9.90. The van der Waals surface area contributed by atoms with E-state index in [-0.39, 0.29) is 17.9 Å². The zero-order valence-electron chi connectivity index (χ0n) is 17.3. The van der Waals surface area contributed by atoms with Crippen LogP contribution in [0.15, 0.2) is 0 Å². The van der Waals surface area contributed by atoms with Crippen molar-refractivity contribution in [3.8, 4) is 0 Å². The minimum absolute atomic E-state index is 0.178. The van der Waals surface area contributed by atoms with E-state index in [9.17, 15) is 32.3 Å². The Morgan fingerprint density at radius 1 is 1.10 bits per heavy atom. The maximum Gasteiger partial charge on any atom is 0.471 e. The van der Waals surface area contributed by atoms with Crippen LogP contribution < -0.4 is 16.4 Å². The molecule has 0 aromatic carbocycles. The second kappa shape index (κ2) is 6.84. The van der Waals surface area contributed by atoms with Gasteiger partial charge in [-0.25, -0.2) is 0 Å². The summed E-state index contributed by atoms with van der Waals surface area (Å²) in [6.45, 7) is 7.43. The highest BCUT2D eigenvalue weighted by atomic mass is 19.4. The van der Waals surface area contributed by atoms with Gasteiger partial charge in [-0.05, 0) is 36.5 Å². The molecule has 1 unspecified atom stereocenters. The van der Waals surface area contributed by atoms with E-state index in [1.54, 1.807) is 0 Å². The Morgan fingerprint density at radius 3 is 2.13 bits per heavy atom. The molecule has 3 rings (SSSR count). The third kappa shape index (κ3) is 3.51. The van der Waals surface area contributed by atoms with Crippen LogP contribution in [0.5, 0.6) is 0 Å². The summed E-state index contributed by atoms with van der Waals surface area (Å²) in [4.78, 5) is 50.2. The van der Waals surface area contributed by atoms with Crippen molar-refractivity contribution < 1.29 is 32.3 Å². The number of nitrogens with one attached hydrogen (secondary N) is 2. The molecular formula is C19H27F3N4O4. The van der Waals surface area contributed by atoms with Gasteiger partial charge in [-0.15, -0.1) is 0 Å². The highest BCUT2D eigenvalue weighted by Gasteiger charge is 2.77. The number of hydrogen-bond donors (Lipinski definition) is 3. The Bertz CT molecular complexity index is 795. The lowest BCUT2D eigenvalue weighted by Gasteiger charge is -2.34. The van der Waals surface area contributed by atoms with Gasteiger partial charge in [-0.1, -0.05) is 20.8 Å². The van der Waals surface area contributed by atoms with E-state index < -0.39 is 59.3 Å². The van der Waals surface area contributed by atoms with Gasteiger partial charge in [0, 0.05) is 12.5 Å². The Balaban J connectivity index is 1.85. The van der Waals surface area contributed by atoms with Crippen LogP contribution in [0, 0.1) is 22.7 Å². The molecule has 1 aliphatic heterocycles. The van der Waals surface area contributed by atoms with Crippen LogP contribution in [0.4, 0.5) is 13.2 Å². The quantitative estimate of drug-likeness (QED) is 0.559.